The number of carbonyl (C=O) groups is 1. The average molecular weight is 232 g/mol. The summed E-state index contributed by atoms with van der Waals surface area (Å²) in [6.45, 7) is 3.27. The predicted octanol–water partition coefficient (Wildman–Crippen LogP) is 0.721. The van der Waals surface area contributed by atoms with Crippen LogP contribution < -0.4 is 0 Å². The molecule has 0 spiro atoms. The monoisotopic (exact) mass is 232 g/mol. The zero-order valence-electron chi connectivity index (χ0n) is 11.9. The number of rotatable bonds is 6. The number of carbonyl (C=O) groups excluding carboxylic acids is 1. The minimum atomic E-state index is -0.0889. The van der Waals surface area contributed by atoms with Crippen LogP contribution in [0.3, 0.4) is 0 Å². The average Bonchev–Trinajstić information content (AvgIpc) is 1.98. The van der Waals surface area contributed by atoms with Gasteiger partial charge in [-0.15, -0.1) is 0 Å². The molecule has 0 bridgehead atoms. The Balaban J connectivity index is 4.52. The molecule has 0 aromatic carbocycles. The molecule has 4 heteroatoms. The second-order valence-electron chi connectivity index (χ2n) is 6.25. The first-order chi connectivity index (χ1) is 7.06. The SMILES string of the molecule is CCOC(=O)CC(C[N+](C)(C)C)[N+](C)(C)C. The molecule has 0 saturated carbocycles. The van der Waals surface area contributed by atoms with E-state index in [1.807, 2.05) is 6.92 Å². The van der Waals surface area contributed by atoms with E-state index >= 15 is 0 Å². The molecule has 0 amide bonds. The van der Waals surface area contributed by atoms with Gasteiger partial charge in [0, 0.05) is 0 Å². The van der Waals surface area contributed by atoms with Gasteiger partial charge in [-0.25, -0.2) is 0 Å². The van der Waals surface area contributed by atoms with Crippen LogP contribution >= 0.6 is 0 Å². The van der Waals surface area contributed by atoms with Crippen molar-refractivity contribution in [2.45, 2.75) is 19.4 Å². The van der Waals surface area contributed by atoms with E-state index in [0.29, 0.717) is 19.1 Å². The molecular formula is C12H28N2O2+2. The van der Waals surface area contributed by atoms with E-state index in [1.54, 1.807) is 0 Å². The maximum absolute atomic E-state index is 11.5. The summed E-state index contributed by atoms with van der Waals surface area (Å²) in [6.07, 6.45) is 0.493. The van der Waals surface area contributed by atoms with E-state index in [2.05, 4.69) is 42.3 Å². The number of hydrogen-bond acceptors (Lipinski definition) is 2. The van der Waals surface area contributed by atoms with E-state index in [-0.39, 0.29) is 5.97 Å². The lowest BCUT2D eigenvalue weighted by molar-refractivity contribution is -0.946. The molecule has 1 atom stereocenters. The quantitative estimate of drug-likeness (QED) is 0.498. The topological polar surface area (TPSA) is 26.3 Å². The molecule has 4 nitrogen and oxygen atoms in total. The number of likely N-dealkylation sites (N-methyl/N-ethyl adjacent to an activating group) is 2. The first-order valence-corrected chi connectivity index (χ1v) is 5.83. The van der Waals surface area contributed by atoms with E-state index < -0.39 is 0 Å². The normalized spacial score (nSPS) is 14.7. The fraction of sp³-hybridized carbons (Fsp3) is 0.917. The lowest BCUT2D eigenvalue weighted by Crippen LogP contribution is -2.55. The van der Waals surface area contributed by atoms with Crippen molar-refractivity contribution in [3.63, 3.8) is 0 Å². The Labute approximate surface area is 100.0 Å². The fourth-order valence-electron chi connectivity index (χ4n) is 1.63. The van der Waals surface area contributed by atoms with Gasteiger partial charge in [0.25, 0.3) is 0 Å². The highest BCUT2D eigenvalue weighted by molar-refractivity contribution is 5.69. The van der Waals surface area contributed by atoms with Crippen molar-refractivity contribution in [1.29, 1.82) is 0 Å². The zero-order valence-corrected chi connectivity index (χ0v) is 11.9. The number of nitrogens with zero attached hydrogens (tertiary/aromatic N) is 2. The summed E-state index contributed by atoms with van der Waals surface area (Å²) in [5, 5.41) is 0. The van der Waals surface area contributed by atoms with E-state index in [9.17, 15) is 4.79 Å². The smallest absolute Gasteiger partial charge is 0.312 e. The Morgan fingerprint density at radius 3 is 1.94 bits per heavy atom. The molecule has 0 fully saturated rings. The van der Waals surface area contributed by atoms with Gasteiger partial charge >= 0.3 is 5.97 Å². The molecule has 96 valence electrons. The van der Waals surface area contributed by atoms with Crippen LogP contribution in [0.5, 0.6) is 0 Å². The molecule has 0 aromatic heterocycles. The van der Waals surface area contributed by atoms with Crippen LogP contribution in [0.1, 0.15) is 13.3 Å². The molecule has 0 N–H and O–H groups in total. The largest absolute Gasteiger partial charge is 0.466 e. The van der Waals surface area contributed by atoms with Crippen molar-refractivity contribution in [1.82, 2.24) is 0 Å². The molecule has 0 aliphatic carbocycles. The third kappa shape index (κ3) is 6.80. The highest BCUT2D eigenvalue weighted by Gasteiger charge is 2.32. The number of hydrogen-bond donors (Lipinski definition) is 0. The van der Waals surface area contributed by atoms with Crippen molar-refractivity contribution in [2.75, 3.05) is 55.4 Å². The standard InChI is InChI=1S/C12H28N2O2/c1-8-16-12(15)9-11(14(5,6)7)10-13(2,3)4/h11H,8-10H2,1-7H3/q+2. The van der Waals surface area contributed by atoms with Crippen molar-refractivity contribution < 1.29 is 18.5 Å². The maximum Gasteiger partial charge on any atom is 0.312 e. The number of quaternary nitrogens is 2. The predicted molar refractivity (Wildman–Crippen MR) is 66.0 cm³/mol. The first-order valence-electron chi connectivity index (χ1n) is 5.83. The fourth-order valence-corrected chi connectivity index (χ4v) is 1.63. The second kappa shape index (κ2) is 5.64. The van der Waals surface area contributed by atoms with Gasteiger partial charge in [0.2, 0.25) is 0 Å². The van der Waals surface area contributed by atoms with E-state index in [1.165, 1.54) is 0 Å². The molecule has 0 rings (SSSR count). The summed E-state index contributed by atoms with van der Waals surface area (Å²) < 4.78 is 6.67. The van der Waals surface area contributed by atoms with Gasteiger partial charge in [-0.2, -0.15) is 0 Å². The van der Waals surface area contributed by atoms with Crippen LogP contribution in [0, 0.1) is 0 Å². The van der Waals surface area contributed by atoms with E-state index in [0.717, 1.165) is 15.5 Å². The van der Waals surface area contributed by atoms with Gasteiger partial charge in [0.1, 0.15) is 19.0 Å². The van der Waals surface area contributed by atoms with Crippen LogP contribution in [0.25, 0.3) is 0 Å². The second-order valence-corrected chi connectivity index (χ2v) is 6.25. The third-order valence-electron chi connectivity index (χ3n) is 2.56. The summed E-state index contributed by atoms with van der Waals surface area (Å²) in [5.41, 5.74) is 0. The van der Waals surface area contributed by atoms with Crippen LogP contribution in [0.15, 0.2) is 0 Å². The molecule has 0 saturated heterocycles. The van der Waals surface area contributed by atoms with E-state index in [4.69, 9.17) is 4.74 Å². The lowest BCUT2D eigenvalue weighted by atomic mass is 10.1. The van der Waals surface area contributed by atoms with Crippen LogP contribution in [-0.2, 0) is 9.53 Å². The zero-order chi connectivity index (χ0) is 13.0. The Bertz CT molecular complexity index is 226. The van der Waals surface area contributed by atoms with Gasteiger partial charge in [-0.3, -0.25) is 4.79 Å². The Morgan fingerprint density at radius 2 is 1.62 bits per heavy atom. The van der Waals surface area contributed by atoms with Gasteiger partial charge in [-0.05, 0) is 6.92 Å². The minimum absolute atomic E-state index is 0.0889. The summed E-state index contributed by atoms with van der Waals surface area (Å²) in [5.74, 6) is -0.0889. The Morgan fingerprint density at radius 1 is 1.12 bits per heavy atom. The van der Waals surface area contributed by atoms with Crippen LogP contribution in [-0.4, -0.2) is 76.4 Å². The Hall–Kier alpha value is -0.610. The van der Waals surface area contributed by atoms with Gasteiger partial charge in [-0.1, -0.05) is 0 Å². The molecule has 0 radical (unpaired) electrons. The molecule has 16 heavy (non-hydrogen) atoms. The maximum atomic E-state index is 11.5. The molecule has 0 aliphatic rings. The summed E-state index contributed by atoms with van der Waals surface area (Å²) >= 11 is 0. The van der Waals surface area contributed by atoms with Gasteiger partial charge in [0.15, 0.2) is 0 Å². The molecule has 0 aromatic rings. The van der Waals surface area contributed by atoms with Crippen LogP contribution in [0.2, 0.25) is 0 Å². The molecule has 0 heterocycles. The van der Waals surface area contributed by atoms with Crippen LogP contribution in [0.4, 0.5) is 0 Å². The van der Waals surface area contributed by atoms with Crippen molar-refractivity contribution in [3.05, 3.63) is 0 Å². The Kier molecular flexibility index (Phi) is 5.42. The summed E-state index contributed by atoms with van der Waals surface area (Å²) in [6, 6.07) is 0.291. The lowest BCUT2D eigenvalue weighted by Gasteiger charge is -2.37. The van der Waals surface area contributed by atoms with Gasteiger partial charge < -0.3 is 13.7 Å². The number of esters is 1. The molecular weight excluding hydrogens is 204 g/mol. The van der Waals surface area contributed by atoms with Gasteiger partial charge in [0.05, 0.1) is 48.9 Å². The highest BCUT2D eigenvalue weighted by atomic mass is 16.5. The van der Waals surface area contributed by atoms with Crippen molar-refractivity contribution >= 4 is 5.97 Å². The minimum Gasteiger partial charge on any atom is -0.466 e. The summed E-state index contributed by atoms with van der Waals surface area (Å²) in [7, 11) is 12.8. The molecule has 0 aliphatic heterocycles. The molecule has 1 unspecified atom stereocenters. The first kappa shape index (κ1) is 15.4. The number of ether oxygens (including phenoxy) is 1. The third-order valence-corrected chi connectivity index (χ3v) is 2.56. The highest BCUT2D eigenvalue weighted by Crippen LogP contribution is 2.12. The van der Waals surface area contributed by atoms with Crippen molar-refractivity contribution in [2.24, 2.45) is 0 Å². The summed E-state index contributed by atoms with van der Waals surface area (Å²) in [4.78, 5) is 11.5. The van der Waals surface area contributed by atoms with Crippen molar-refractivity contribution in [3.8, 4) is 0 Å².